The summed E-state index contributed by atoms with van der Waals surface area (Å²) in [5, 5.41) is 2.65. The van der Waals surface area contributed by atoms with Gasteiger partial charge in [0.25, 0.3) is 0 Å². The van der Waals surface area contributed by atoms with E-state index in [4.69, 9.17) is 0 Å². The zero-order chi connectivity index (χ0) is 10.1. The maximum absolute atomic E-state index is 4.14. The van der Waals surface area contributed by atoms with Crippen LogP contribution in [0.2, 0.25) is 0 Å². The molecule has 0 radical (unpaired) electrons. The second-order valence-corrected chi connectivity index (χ2v) is 3.68. The first-order valence-corrected chi connectivity index (χ1v) is 5.74. The monoisotopic (exact) mass is 211 g/mol. The summed E-state index contributed by atoms with van der Waals surface area (Å²) in [5.74, 6) is 0. The molecular formula is C10H13NS2. The Morgan fingerprint density at radius 3 is 2.38 bits per heavy atom. The molecule has 0 aliphatic rings. The van der Waals surface area contributed by atoms with Gasteiger partial charge in [0.05, 0.1) is 0 Å². The molecule has 3 heteroatoms. The summed E-state index contributed by atoms with van der Waals surface area (Å²) >= 11 is 3.10. The molecule has 0 aliphatic carbocycles. The van der Waals surface area contributed by atoms with E-state index in [9.17, 15) is 0 Å². The molecular weight excluding hydrogens is 198 g/mol. The van der Waals surface area contributed by atoms with Crippen molar-refractivity contribution < 1.29 is 0 Å². The topological polar surface area (TPSA) is 12.4 Å². The van der Waals surface area contributed by atoms with Gasteiger partial charge in [-0.25, -0.2) is 4.99 Å². The lowest BCUT2D eigenvalue weighted by Crippen LogP contribution is -1.91. The minimum absolute atomic E-state index is 0.900. The third kappa shape index (κ3) is 4.80. The fourth-order valence-corrected chi connectivity index (χ4v) is 1.98. The van der Waals surface area contributed by atoms with E-state index in [2.05, 4.69) is 24.7 Å². The van der Waals surface area contributed by atoms with E-state index in [-0.39, 0.29) is 0 Å². The van der Waals surface area contributed by atoms with Crippen LogP contribution >= 0.6 is 23.5 Å². The lowest BCUT2D eigenvalue weighted by atomic mass is 10.5. The minimum Gasteiger partial charge on any atom is -0.249 e. The Labute approximate surface area is 88.4 Å². The molecule has 70 valence electrons. The van der Waals surface area contributed by atoms with Gasteiger partial charge >= 0.3 is 0 Å². The number of nitrogens with zero attached hydrogens (tertiary/aromatic N) is 1. The van der Waals surface area contributed by atoms with Gasteiger partial charge in [0.2, 0.25) is 0 Å². The van der Waals surface area contributed by atoms with E-state index in [1.165, 1.54) is 18.0 Å². The summed E-state index contributed by atoms with van der Waals surface area (Å²) in [5.41, 5.74) is 0. The Morgan fingerprint density at radius 2 is 2.00 bits per heavy atom. The summed E-state index contributed by atoms with van der Waals surface area (Å²) in [6, 6.07) is 0. The van der Waals surface area contributed by atoms with Crippen LogP contribution in [0.3, 0.4) is 0 Å². The quantitative estimate of drug-likeness (QED) is 0.389. The van der Waals surface area contributed by atoms with Crippen LogP contribution in [0, 0.1) is 0 Å². The van der Waals surface area contributed by atoms with E-state index < -0.39 is 0 Å². The van der Waals surface area contributed by atoms with Gasteiger partial charge in [-0.1, -0.05) is 37.6 Å². The molecule has 0 aromatic carbocycles. The molecule has 0 unspecified atom stereocenters. The highest BCUT2D eigenvalue weighted by Gasteiger charge is 2.02. The number of hydrogen-bond donors (Lipinski definition) is 0. The molecule has 0 fully saturated rings. The van der Waals surface area contributed by atoms with E-state index in [0.717, 1.165) is 9.95 Å². The molecule has 0 bridgehead atoms. The predicted molar refractivity (Wildman–Crippen MR) is 67.2 cm³/mol. The van der Waals surface area contributed by atoms with Crippen LogP contribution in [-0.2, 0) is 0 Å². The highest BCUT2D eigenvalue weighted by molar-refractivity contribution is 8.19. The first-order chi connectivity index (χ1) is 6.29. The van der Waals surface area contributed by atoms with Gasteiger partial charge in [-0.05, 0) is 17.7 Å². The SMILES string of the molecule is C=C/C=C(SC)/C(=N/C=C)SC=C. The first-order valence-electron chi connectivity index (χ1n) is 3.63. The number of aliphatic imine (C=N–C) groups is 1. The Hall–Kier alpha value is -0.670. The molecule has 0 aliphatic heterocycles. The minimum atomic E-state index is 0.900. The van der Waals surface area contributed by atoms with E-state index in [1.807, 2.05) is 12.3 Å². The Balaban J connectivity index is 4.77. The van der Waals surface area contributed by atoms with Crippen molar-refractivity contribution in [3.8, 4) is 0 Å². The van der Waals surface area contributed by atoms with Gasteiger partial charge in [-0.15, -0.1) is 11.8 Å². The van der Waals surface area contributed by atoms with Crippen molar-refractivity contribution in [3.63, 3.8) is 0 Å². The Bertz CT molecular complexity index is 252. The van der Waals surface area contributed by atoms with Crippen LogP contribution in [-0.4, -0.2) is 11.3 Å². The maximum atomic E-state index is 4.14. The number of allylic oxidation sites excluding steroid dienone is 2. The fraction of sp³-hybridized carbons (Fsp3) is 0.100. The number of rotatable bonds is 5. The van der Waals surface area contributed by atoms with Crippen molar-refractivity contribution in [2.45, 2.75) is 0 Å². The Kier molecular flexibility index (Phi) is 7.54. The lowest BCUT2D eigenvalue weighted by Gasteiger charge is -2.03. The third-order valence-corrected chi connectivity index (χ3v) is 2.72. The summed E-state index contributed by atoms with van der Waals surface area (Å²) in [6.45, 7) is 10.9. The van der Waals surface area contributed by atoms with Crippen LogP contribution in [0.25, 0.3) is 0 Å². The van der Waals surface area contributed by atoms with Crippen molar-refractivity contribution in [2.24, 2.45) is 4.99 Å². The summed E-state index contributed by atoms with van der Waals surface area (Å²) in [6.07, 6.45) is 7.19. The highest BCUT2D eigenvalue weighted by atomic mass is 32.2. The maximum Gasteiger partial charge on any atom is 0.114 e. The average Bonchev–Trinajstić information content (AvgIpc) is 2.14. The molecule has 0 saturated carbocycles. The van der Waals surface area contributed by atoms with E-state index in [1.54, 1.807) is 23.2 Å². The average molecular weight is 211 g/mol. The molecule has 0 heterocycles. The third-order valence-electron chi connectivity index (χ3n) is 1.10. The van der Waals surface area contributed by atoms with Crippen molar-refractivity contribution in [3.05, 3.63) is 48.4 Å². The largest absolute Gasteiger partial charge is 0.249 e. The van der Waals surface area contributed by atoms with E-state index >= 15 is 0 Å². The Morgan fingerprint density at radius 1 is 1.31 bits per heavy atom. The molecule has 1 nitrogen and oxygen atoms in total. The molecule has 0 aromatic rings. The van der Waals surface area contributed by atoms with Crippen molar-refractivity contribution >= 4 is 28.6 Å². The molecule has 0 rings (SSSR count). The van der Waals surface area contributed by atoms with Crippen molar-refractivity contribution in [1.29, 1.82) is 0 Å². The second kappa shape index (κ2) is 7.95. The van der Waals surface area contributed by atoms with Crippen molar-refractivity contribution in [1.82, 2.24) is 0 Å². The zero-order valence-electron chi connectivity index (χ0n) is 7.69. The lowest BCUT2D eigenvalue weighted by molar-refractivity contribution is 1.61. The van der Waals surface area contributed by atoms with Crippen LogP contribution in [0.4, 0.5) is 0 Å². The predicted octanol–water partition coefficient (Wildman–Crippen LogP) is 3.84. The van der Waals surface area contributed by atoms with E-state index in [0.29, 0.717) is 0 Å². The molecule has 0 spiro atoms. The van der Waals surface area contributed by atoms with Gasteiger partial charge in [-0.3, -0.25) is 0 Å². The van der Waals surface area contributed by atoms with Crippen LogP contribution < -0.4 is 0 Å². The molecule has 0 atom stereocenters. The van der Waals surface area contributed by atoms with Crippen LogP contribution in [0.5, 0.6) is 0 Å². The molecule has 13 heavy (non-hydrogen) atoms. The normalized spacial score (nSPS) is 12.4. The number of thioether (sulfide) groups is 2. The van der Waals surface area contributed by atoms with Gasteiger partial charge < -0.3 is 0 Å². The first kappa shape index (κ1) is 12.3. The van der Waals surface area contributed by atoms with Gasteiger partial charge in [0.1, 0.15) is 5.04 Å². The molecule has 0 amide bonds. The molecule has 0 saturated heterocycles. The summed E-state index contributed by atoms with van der Waals surface area (Å²) < 4.78 is 0. The van der Waals surface area contributed by atoms with Gasteiger partial charge in [0, 0.05) is 11.1 Å². The van der Waals surface area contributed by atoms with Gasteiger partial charge in [-0.2, -0.15) is 0 Å². The van der Waals surface area contributed by atoms with Crippen LogP contribution in [0.1, 0.15) is 0 Å². The zero-order valence-corrected chi connectivity index (χ0v) is 9.33. The number of hydrogen-bond acceptors (Lipinski definition) is 3. The van der Waals surface area contributed by atoms with Crippen LogP contribution in [0.15, 0.2) is 53.4 Å². The standard InChI is InChI=1S/C10H13NS2/c1-5-8-9(12-4)10(11-6-2)13-7-3/h5-8H,1-3H2,4H3/b9-8-,11-10-. The van der Waals surface area contributed by atoms with Gasteiger partial charge in [0.15, 0.2) is 0 Å². The summed E-state index contributed by atoms with van der Waals surface area (Å²) in [4.78, 5) is 5.21. The molecule has 0 N–H and O–H groups in total. The van der Waals surface area contributed by atoms with Crippen molar-refractivity contribution in [2.75, 3.05) is 6.26 Å². The smallest absolute Gasteiger partial charge is 0.114 e. The summed E-state index contributed by atoms with van der Waals surface area (Å²) in [7, 11) is 0. The fourth-order valence-electron chi connectivity index (χ4n) is 0.648. The second-order valence-electron chi connectivity index (χ2n) is 1.87. The molecule has 0 aromatic heterocycles. The highest BCUT2D eigenvalue weighted by Crippen LogP contribution is 2.22.